The number of hydrogen-bond acceptors (Lipinski definition) is 3. The Bertz CT molecular complexity index is 915. The van der Waals surface area contributed by atoms with Crippen LogP contribution in [0.4, 0.5) is 13.2 Å². The molecule has 1 aromatic carbocycles. The Morgan fingerprint density at radius 3 is 2.62 bits per heavy atom. The third kappa shape index (κ3) is 3.03. The van der Waals surface area contributed by atoms with Gasteiger partial charge in [-0.25, -0.2) is 4.79 Å². The number of nitrogens with one attached hydrogen (secondary N) is 1. The van der Waals surface area contributed by atoms with Gasteiger partial charge in [0.15, 0.2) is 0 Å². The SMILES string of the molecule is CCOC(=O)C1=C(c2ccc[nH]2)Cc2c(ccc(Cl)c2C(F)(F)F)C1=O. The molecule has 1 aliphatic carbocycles. The molecule has 0 fully saturated rings. The van der Waals surface area contributed by atoms with E-state index in [1.54, 1.807) is 25.3 Å². The normalized spacial score (nSPS) is 14.4. The van der Waals surface area contributed by atoms with Gasteiger partial charge in [0.05, 0.1) is 17.2 Å². The zero-order valence-corrected chi connectivity index (χ0v) is 14.3. The third-order valence-electron chi connectivity index (χ3n) is 4.08. The lowest BCUT2D eigenvalue weighted by Gasteiger charge is -2.24. The van der Waals surface area contributed by atoms with Crippen LogP contribution in [0, 0.1) is 0 Å². The van der Waals surface area contributed by atoms with Gasteiger partial charge in [0.1, 0.15) is 5.57 Å². The first-order valence-electron chi connectivity index (χ1n) is 7.73. The molecule has 26 heavy (non-hydrogen) atoms. The van der Waals surface area contributed by atoms with Gasteiger partial charge in [0, 0.05) is 23.9 Å². The van der Waals surface area contributed by atoms with Crippen molar-refractivity contribution in [2.75, 3.05) is 6.61 Å². The van der Waals surface area contributed by atoms with E-state index in [9.17, 15) is 22.8 Å². The molecule has 1 N–H and O–H groups in total. The van der Waals surface area contributed by atoms with Crippen LogP contribution < -0.4 is 0 Å². The molecular weight excluding hydrogens is 371 g/mol. The number of carbonyl (C=O) groups excluding carboxylic acids is 2. The van der Waals surface area contributed by atoms with Crippen molar-refractivity contribution in [2.45, 2.75) is 19.5 Å². The van der Waals surface area contributed by atoms with E-state index in [0.717, 1.165) is 6.07 Å². The second-order valence-electron chi connectivity index (χ2n) is 5.61. The van der Waals surface area contributed by atoms with Gasteiger partial charge in [-0.1, -0.05) is 11.6 Å². The summed E-state index contributed by atoms with van der Waals surface area (Å²) in [5.41, 5.74) is -1.24. The minimum atomic E-state index is -4.73. The minimum absolute atomic E-state index is 0.0366. The van der Waals surface area contributed by atoms with Crippen molar-refractivity contribution in [3.05, 3.63) is 63.4 Å². The zero-order chi connectivity index (χ0) is 19.1. The number of aromatic nitrogens is 1. The molecule has 0 aliphatic heterocycles. The lowest BCUT2D eigenvalue weighted by atomic mass is 9.81. The summed E-state index contributed by atoms with van der Waals surface area (Å²) in [5.74, 6) is -1.67. The van der Waals surface area contributed by atoms with Gasteiger partial charge in [-0.15, -0.1) is 0 Å². The van der Waals surface area contributed by atoms with Crippen LogP contribution in [0.15, 0.2) is 36.0 Å². The highest BCUT2D eigenvalue weighted by Gasteiger charge is 2.41. The van der Waals surface area contributed by atoms with Gasteiger partial charge < -0.3 is 9.72 Å². The van der Waals surface area contributed by atoms with E-state index < -0.39 is 28.5 Å². The van der Waals surface area contributed by atoms with Gasteiger partial charge in [-0.3, -0.25) is 4.79 Å². The van der Waals surface area contributed by atoms with Crippen molar-refractivity contribution in [1.29, 1.82) is 0 Å². The molecule has 2 aromatic rings. The Balaban J connectivity index is 2.26. The second kappa shape index (κ2) is 6.64. The molecule has 1 aromatic heterocycles. The maximum absolute atomic E-state index is 13.5. The van der Waals surface area contributed by atoms with Crippen LogP contribution in [0.5, 0.6) is 0 Å². The Hall–Kier alpha value is -2.54. The maximum Gasteiger partial charge on any atom is 0.418 e. The number of esters is 1. The number of alkyl halides is 3. The first-order valence-corrected chi connectivity index (χ1v) is 8.10. The Kier molecular flexibility index (Phi) is 4.66. The number of rotatable bonds is 3. The van der Waals surface area contributed by atoms with Crippen LogP contribution in [0.1, 0.15) is 34.1 Å². The molecular formula is C18H13ClF3NO3. The number of Topliss-reactive ketones (excluding diaryl/α,β-unsaturated/α-hetero) is 1. The standard InChI is InChI=1S/C18H13ClF3NO3/c1-2-26-17(25)14-11(13-4-3-7-23-13)8-10-9(16(14)24)5-6-12(19)15(10)18(20,21)22/h3-7,23H,2,8H2,1H3. The molecule has 0 unspecified atom stereocenters. The second-order valence-corrected chi connectivity index (χ2v) is 6.02. The number of benzene rings is 1. The zero-order valence-electron chi connectivity index (χ0n) is 13.5. The molecule has 0 spiro atoms. The fraction of sp³-hybridized carbons (Fsp3) is 0.222. The minimum Gasteiger partial charge on any atom is -0.462 e. The molecule has 0 saturated heterocycles. The highest BCUT2D eigenvalue weighted by atomic mass is 35.5. The van der Waals surface area contributed by atoms with Gasteiger partial charge in [-0.2, -0.15) is 13.2 Å². The molecule has 4 nitrogen and oxygen atoms in total. The number of hydrogen-bond donors (Lipinski definition) is 1. The van der Waals surface area contributed by atoms with Gasteiger partial charge in [-0.05, 0) is 42.3 Å². The molecule has 1 heterocycles. The van der Waals surface area contributed by atoms with Crippen molar-refractivity contribution in [1.82, 2.24) is 4.98 Å². The van der Waals surface area contributed by atoms with Crippen LogP contribution >= 0.6 is 11.6 Å². The molecule has 136 valence electrons. The molecule has 3 rings (SSSR count). The van der Waals surface area contributed by atoms with Crippen molar-refractivity contribution >= 4 is 28.9 Å². The number of ketones is 1. The average molecular weight is 384 g/mol. The Labute approximate surface area is 151 Å². The summed E-state index contributed by atoms with van der Waals surface area (Å²) in [4.78, 5) is 28.0. The van der Waals surface area contributed by atoms with Gasteiger partial charge in [0.2, 0.25) is 5.78 Å². The number of halogens is 4. The fourth-order valence-electron chi connectivity index (χ4n) is 3.03. The number of allylic oxidation sites excluding steroid dienone is 1. The predicted octanol–water partition coefficient (Wildman–Crippen LogP) is 4.44. The predicted molar refractivity (Wildman–Crippen MR) is 88.8 cm³/mol. The largest absolute Gasteiger partial charge is 0.462 e. The molecule has 0 bridgehead atoms. The lowest BCUT2D eigenvalue weighted by Crippen LogP contribution is -2.26. The Morgan fingerprint density at radius 1 is 1.31 bits per heavy atom. The third-order valence-corrected chi connectivity index (χ3v) is 4.39. The summed E-state index contributed by atoms with van der Waals surface area (Å²) in [6.45, 7) is 1.62. The summed E-state index contributed by atoms with van der Waals surface area (Å²) in [5, 5.41) is -0.491. The van der Waals surface area contributed by atoms with E-state index in [0.29, 0.717) is 5.69 Å². The van der Waals surface area contributed by atoms with Crippen molar-refractivity contribution in [3.63, 3.8) is 0 Å². The van der Waals surface area contributed by atoms with Crippen LogP contribution in [0.3, 0.4) is 0 Å². The van der Waals surface area contributed by atoms with Gasteiger partial charge >= 0.3 is 12.1 Å². The molecule has 0 radical (unpaired) electrons. The number of fused-ring (bicyclic) bond motifs is 1. The van der Waals surface area contributed by atoms with E-state index in [2.05, 4.69) is 4.98 Å². The highest BCUT2D eigenvalue weighted by Crippen LogP contribution is 2.43. The molecule has 8 heteroatoms. The summed E-state index contributed by atoms with van der Waals surface area (Å²) in [7, 11) is 0. The summed E-state index contributed by atoms with van der Waals surface area (Å²) in [6.07, 6.45) is -3.45. The molecule has 0 amide bonds. The molecule has 0 saturated carbocycles. The van der Waals surface area contributed by atoms with Crippen molar-refractivity contribution < 1.29 is 27.5 Å². The number of ether oxygens (including phenoxy) is 1. The van der Waals surface area contributed by atoms with Crippen LogP contribution in [-0.4, -0.2) is 23.3 Å². The van der Waals surface area contributed by atoms with Crippen LogP contribution in [0.25, 0.3) is 5.57 Å². The van der Waals surface area contributed by atoms with Gasteiger partial charge in [0.25, 0.3) is 0 Å². The average Bonchev–Trinajstić information content (AvgIpc) is 3.07. The van der Waals surface area contributed by atoms with E-state index in [1.165, 1.54) is 6.07 Å². The number of carbonyl (C=O) groups is 2. The quantitative estimate of drug-likeness (QED) is 0.629. The lowest BCUT2D eigenvalue weighted by molar-refractivity contribution is -0.138. The number of aromatic amines is 1. The number of H-pyrrole nitrogens is 1. The van der Waals surface area contributed by atoms with Crippen LogP contribution in [0.2, 0.25) is 5.02 Å². The van der Waals surface area contributed by atoms with E-state index in [4.69, 9.17) is 16.3 Å². The van der Waals surface area contributed by atoms with E-state index >= 15 is 0 Å². The summed E-state index contributed by atoms with van der Waals surface area (Å²) < 4.78 is 45.4. The first kappa shape index (κ1) is 18.3. The Morgan fingerprint density at radius 2 is 2.04 bits per heavy atom. The van der Waals surface area contributed by atoms with E-state index in [1.807, 2.05) is 0 Å². The van der Waals surface area contributed by atoms with Crippen molar-refractivity contribution in [3.8, 4) is 0 Å². The molecule has 0 atom stereocenters. The van der Waals surface area contributed by atoms with E-state index in [-0.39, 0.29) is 35.3 Å². The summed E-state index contributed by atoms with van der Waals surface area (Å²) in [6, 6.07) is 5.42. The summed E-state index contributed by atoms with van der Waals surface area (Å²) >= 11 is 5.77. The monoisotopic (exact) mass is 383 g/mol. The smallest absolute Gasteiger partial charge is 0.418 e. The molecule has 1 aliphatic rings. The van der Waals surface area contributed by atoms with Crippen molar-refractivity contribution in [2.24, 2.45) is 0 Å². The maximum atomic E-state index is 13.5. The highest BCUT2D eigenvalue weighted by molar-refractivity contribution is 6.33. The topological polar surface area (TPSA) is 59.2 Å². The first-order chi connectivity index (χ1) is 12.3. The van der Waals surface area contributed by atoms with Crippen LogP contribution in [-0.2, 0) is 22.1 Å². The fourth-order valence-corrected chi connectivity index (χ4v) is 3.31.